The Bertz CT molecular complexity index is 1030. The summed E-state index contributed by atoms with van der Waals surface area (Å²) < 4.78 is 3.09. The average Bonchev–Trinajstić information content (AvgIpc) is 3.07. The van der Waals surface area contributed by atoms with Gasteiger partial charge in [-0.1, -0.05) is 6.07 Å². The smallest absolute Gasteiger partial charge is 0.305 e. The summed E-state index contributed by atoms with van der Waals surface area (Å²) in [7, 11) is 0. The van der Waals surface area contributed by atoms with Crippen molar-refractivity contribution in [1.29, 1.82) is 0 Å². The summed E-state index contributed by atoms with van der Waals surface area (Å²) in [4.78, 5) is 30.6. The van der Waals surface area contributed by atoms with E-state index in [0.717, 1.165) is 30.7 Å². The maximum atomic E-state index is 12.4. The molecular formula is C17H16N6O2. The summed E-state index contributed by atoms with van der Waals surface area (Å²) in [5, 5.41) is 8.04. The minimum atomic E-state index is -0.481. The van der Waals surface area contributed by atoms with Crippen LogP contribution in [0.1, 0.15) is 24.8 Å². The molecule has 8 nitrogen and oxygen atoms in total. The first-order chi connectivity index (χ1) is 12.1. The summed E-state index contributed by atoms with van der Waals surface area (Å²) in [6.07, 6.45) is 11.4. The highest BCUT2D eigenvalue weighted by Crippen LogP contribution is 2.61. The maximum absolute atomic E-state index is 12.4. The van der Waals surface area contributed by atoms with Crippen molar-refractivity contribution in [2.24, 2.45) is 5.92 Å². The van der Waals surface area contributed by atoms with Gasteiger partial charge in [0.15, 0.2) is 5.82 Å². The minimum absolute atomic E-state index is 0.0695. The molecule has 0 saturated heterocycles. The fourth-order valence-electron chi connectivity index (χ4n) is 3.89. The van der Waals surface area contributed by atoms with Crippen molar-refractivity contribution in [3.8, 4) is 5.82 Å². The molecule has 0 radical (unpaired) electrons. The van der Waals surface area contributed by atoms with E-state index in [9.17, 15) is 9.59 Å². The van der Waals surface area contributed by atoms with Gasteiger partial charge in [0.1, 0.15) is 0 Å². The Hall–Kier alpha value is -3.03. The average molecular weight is 336 g/mol. The summed E-state index contributed by atoms with van der Waals surface area (Å²) in [5.74, 6) is 1.35. The second-order valence-corrected chi connectivity index (χ2v) is 6.95. The van der Waals surface area contributed by atoms with Crippen molar-refractivity contribution in [3.05, 3.63) is 69.4 Å². The van der Waals surface area contributed by atoms with E-state index in [2.05, 4.69) is 15.2 Å². The maximum Gasteiger partial charge on any atom is 0.316 e. The Morgan fingerprint density at radius 2 is 1.80 bits per heavy atom. The van der Waals surface area contributed by atoms with Gasteiger partial charge in [0.2, 0.25) is 0 Å². The summed E-state index contributed by atoms with van der Waals surface area (Å²) in [6.45, 7) is 0.310. The third-order valence-electron chi connectivity index (χ3n) is 5.36. The van der Waals surface area contributed by atoms with Gasteiger partial charge in [-0.15, -0.1) is 4.80 Å². The lowest BCUT2D eigenvalue weighted by Gasteiger charge is -2.62. The molecule has 0 amide bonds. The molecule has 2 bridgehead atoms. The van der Waals surface area contributed by atoms with Crippen LogP contribution in [0.2, 0.25) is 0 Å². The van der Waals surface area contributed by atoms with Crippen LogP contribution in [0.25, 0.3) is 5.82 Å². The van der Waals surface area contributed by atoms with Crippen LogP contribution in [0.3, 0.4) is 0 Å². The Morgan fingerprint density at radius 1 is 1.04 bits per heavy atom. The van der Waals surface area contributed by atoms with Gasteiger partial charge >= 0.3 is 11.1 Å². The van der Waals surface area contributed by atoms with Gasteiger partial charge in [-0.2, -0.15) is 10.2 Å². The number of rotatable bonds is 4. The monoisotopic (exact) mass is 336 g/mol. The molecule has 0 aromatic carbocycles. The second-order valence-electron chi connectivity index (χ2n) is 6.95. The van der Waals surface area contributed by atoms with E-state index in [1.165, 1.54) is 9.36 Å². The summed E-state index contributed by atoms with van der Waals surface area (Å²) in [5.41, 5.74) is -0.142. The van der Waals surface area contributed by atoms with Crippen LogP contribution >= 0.6 is 0 Å². The van der Waals surface area contributed by atoms with Crippen LogP contribution < -0.4 is 11.1 Å². The molecule has 6 rings (SSSR count). The van der Waals surface area contributed by atoms with E-state index in [-0.39, 0.29) is 5.54 Å². The van der Waals surface area contributed by atoms with Crippen LogP contribution in [0, 0.1) is 5.92 Å². The van der Waals surface area contributed by atoms with Crippen molar-refractivity contribution in [1.82, 2.24) is 29.1 Å². The highest BCUT2D eigenvalue weighted by Gasteiger charge is 2.58. The van der Waals surface area contributed by atoms with Crippen molar-refractivity contribution >= 4 is 0 Å². The van der Waals surface area contributed by atoms with Gasteiger partial charge in [0.05, 0.1) is 18.9 Å². The fourth-order valence-corrected chi connectivity index (χ4v) is 3.89. The van der Waals surface area contributed by atoms with E-state index >= 15 is 0 Å². The quantitative estimate of drug-likeness (QED) is 0.649. The standard InChI is InChI=1S/C17H16N6O2/c24-15-16(25)22(17-7-13(8-17)9-17)6-5-21(15)11-12-1-2-14(18-10-12)23-19-3-4-20-23/h1-6,10,13H,7-9,11H2. The van der Waals surface area contributed by atoms with Crippen LogP contribution in [0.15, 0.2) is 52.7 Å². The van der Waals surface area contributed by atoms with Gasteiger partial charge in [-0.25, -0.2) is 4.98 Å². The molecule has 0 N–H and O–H groups in total. The van der Waals surface area contributed by atoms with Crippen LogP contribution in [-0.2, 0) is 12.1 Å². The molecule has 0 atom stereocenters. The normalized spacial score (nSPS) is 23.8. The highest BCUT2D eigenvalue weighted by atomic mass is 16.2. The highest BCUT2D eigenvalue weighted by molar-refractivity contribution is 5.23. The summed E-state index contributed by atoms with van der Waals surface area (Å²) >= 11 is 0. The molecule has 3 aliphatic rings. The van der Waals surface area contributed by atoms with Crippen LogP contribution in [0.4, 0.5) is 0 Å². The molecule has 25 heavy (non-hydrogen) atoms. The van der Waals surface area contributed by atoms with Gasteiger partial charge < -0.3 is 9.13 Å². The number of pyridine rings is 1. The molecule has 0 spiro atoms. The van der Waals surface area contributed by atoms with Gasteiger partial charge in [0.25, 0.3) is 0 Å². The molecule has 3 heterocycles. The van der Waals surface area contributed by atoms with Crippen molar-refractivity contribution in [2.45, 2.75) is 31.3 Å². The lowest BCUT2D eigenvalue weighted by Crippen LogP contribution is -2.64. The van der Waals surface area contributed by atoms with Gasteiger partial charge in [-0.05, 0) is 36.8 Å². The molecule has 3 fully saturated rings. The first kappa shape index (κ1) is 14.3. The van der Waals surface area contributed by atoms with Crippen molar-refractivity contribution in [3.63, 3.8) is 0 Å². The van der Waals surface area contributed by atoms with Crippen LogP contribution in [-0.4, -0.2) is 29.1 Å². The van der Waals surface area contributed by atoms with Gasteiger partial charge in [0, 0.05) is 24.1 Å². The molecule has 3 aromatic rings. The molecule has 3 saturated carbocycles. The molecular weight excluding hydrogens is 320 g/mol. The van der Waals surface area contributed by atoms with Crippen molar-refractivity contribution in [2.75, 3.05) is 0 Å². The third kappa shape index (κ3) is 2.10. The molecule has 8 heteroatoms. The van der Waals surface area contributed by atoms with Crippen molar-refractivity contribution < 1.29 is 0 Å². The number of nitrogens with zero attached hydrogens (tertiary/aromatic N) is 6. The number of hydrogen-bond donors (Lipinski definition) is 0. The Balaban J connectivity index is 1.42. The van der Waals surface area contributed by atoms with E-state index in [1.807, 2.05) is 6.07 Å². The zero-order chi connectivity index (χ0) is 17.0. The minimum Gasteiger partial charge on any atom is -0.305 e. The predicted molar refractivity (Wildman–Crippen MR) is 88.5 cm³/mol. The van der Waals surface area contributed by atoms with E-state index in [4.69, 9.17) is 0 Å². The largest absolute Gasteiger partial charge is 0.316 e. The first-order valence-corrected chi connectivity index (χ1v) is 8.29. The zero-order valence-corrected chi connectivity index (χ0v) is 13.4. The third-order valence-corrected chi connectivity index (χ3v) is 5.36. The SMILES string of the molecule is O=c1c(=O)n(C23CC(C2)C3)ccn1Cc1ccc(-n2nccn2)nc1. The second kappa shape index (κ2) is 4.98. The molecule has 126 valence electrons. The van der Waals surface area contributed by atoms with E-state index < -0.39 is 11.1 Å². The van der Waals surface area contributed by atoms with Gasteiger partial charge in [-0.3, -0.25) is 9.59 Å². The van der Waals surface area contributed by atoms with Crippen LogP contribution in [0.5, 0.6) is 0 Å². The fraction of sp³-hybridized carbons (Fsp3) is 0.353. The molecule has 3 aliphatic carbocycles. The van der Waals surface area contributed by atoms with E-state index in [0.29, 0.717) is 12.4 Å². The lowest BCUT2D eigenvalue weighted by atomic mass is 9.49. The Kier molecular flexibility index (Phi) is 2.85. The Labute approximate surface area is 142 Å². The topological polar surface area (TPSA) is 87.6 Å². The molecule has 3 aromatic heterocycles. The predicted octanol–water partition coefficient (Wildman–Crippen LogP) is 0.543. The first-order valence-electron chi connectivity index (χ1n) is 8.29. The molecule has 0 unspecified atom stereocenters. The number of aromatic nitrogens is 6. The molecule has 0 aliphatic heterocycles. The Morgan fingerprint density at radius 3 is 2.40 bits per heavy atom. The number of hydrogen-bond acceptors (Lipinski definition) is 5. The summed E-state index contributed by atoms with van der Waals surface area (Å²) in [6, 6.07) is 3.63. The lowest BCUT2D eigenvalue weighted by molar-refractivity contribution is -0.0919. The zero-order valence-electron chi connectivity index (χ0n) is 13.4. The van der Waals surface area contributed by atoms with E-state index in [1.54, 1.807) is 41.6 Å².